The second-order valence-corrected chi connectivity index (χ2v) is 3.86. The zero-order valence-electron chi connectivity index (χ0n) is 11.0. The molecule has 2 rings (SSSR count). The van der Waals surface area contributed by atoms with Gasteiger partial charge in [0.15, 0.2) is 11.6 Å². The molecular formula is C15H16FNO2. The molecule has 0 aliphatic heterocycles. The van der Waals surface area contributed by atoms with E-state index in [9.17, 15) is 4.39 Å². The number of pyridine rings is 1. The van der Waals surface area contributed by atoms with Gasteiger partial charge in [-0.25, -0.2) is 4.39 Å². The van der Waals surface area contributed by atoms with Crippen molar-refractivity contribution >= 4 is 0 Å². The minimum Gasteiger partial charge on any atom is -0.494 e. The van der Waals surface area contributed by atoms with Crippen molar-refractivity contribution in [3.8, 4) is 22.8 Å². The summed E-state index contributed by atoms with van der Waals surface area (Å²) in [4.78, 5) is 4.18. The molecule has 0 aliphatic rings. The summed E-state index contributed by atoms with van der Waals surface area (Å²) in [6.07, 6.45) is 1.60. The zero-order chi connectivity index (χ0) is 13.7. The lowest BCUT2D eigenvalue weighted by molar-refractivity contribution is 0.322. The third kappa shape index (κ3) is 3.02. The Morgan fingerprint density at radius 3 is 2.63 bits per heavy atom. The predicted octanol–water partition coefficient (Wildman–Crippen LogP) is 3.69. The van der Waals surface area contributed by atoms with Crippen LogP contribution in [0.3, 0.4) is 0 Å². The fourth-order valence-corrected chi connectivity index (χ4v) is 1.79. The quantitative estimate of drug-likeness (QED) is 0.822. The molecule has 0 fully saturated rings. The molecule has 2 aromatic rings. The first-order chi connectivity index (χ1) is 9.26. The highest BCUT2D eigenvalue weighted by molar-refractivity contribution is 5.63. The summed E-state index contributed by atoms with van der Waals surface area (Å²) in [5.41, 5.74) is 0.942. The van der Waals surface area contributed by atoms with E-state index in [1.165, 1.54) is 0 Å². The van der Waals surface area contributed by atoms with Gasteiger partial charge in [-0.15, -0.1) is 0 Å². The Labute approximate surface area is 112 Å². The summed E-state index contributed by atoms with van der Waals surface area (Å²) in [5, 5.41) is 0. The molecule has 4 heteroatoms. The summed E-state index contributed by atoms with van der Waals surface area (Å²) >= 11 is 0. The molecule has 0 radical (unpaired) electrons. The van der Waals surface area contributed by atoms with Gasteiger partial charge in [0.05, 0.1) is 18.9 Å². The van der Waals surface area contributed by atoms with E-state index >= 15 is 0 Å². The van der Waals surface area contributed by atoms with Gasteiger partial charge in [-0.2, -0.15) is 0 Å². The maximum Gasteiger partial charge on any atom is 0.174 e. The van der Waals surface area contributed by atoms with Gasteiger partial charge in [-0.3, -0.25) is 4.98 Å². The minimum absolute atomic E-state index is 0.239. The topological polar surface area (TPSA) is 31.4 Å². The number of nitrogens with zero attached hydrogens (tertiary/aromatic N) is 1. The second-order valence-electron chi connectivity index (χ2n) is 3.86. The van der Waals surface area contributed by atoms with Gasteiger partial charge in [0.2, 0.25) is 0 Å². The highest BCUT2D eigenvalue weighted by atomic mass is 19.1. The first-order valence-electron chi connectivity index (χ1n) is 6.26. The van der Waals surface area contributed by atoms with Crippen LogP contribution in [0.4, 0.5) is 4.39 Å². The maximum absolute atomic E-state index is 14.3. The van der Waals surface area contributed by atoms with E-state index < -0.39 is 5.82 Å². The normalized spacial score (nSPS) is 10.3. The molecule has 100 valence electrons. The third-order valence-electron chi connectivity index (χ3n) is 2.58. The zero-order valence-corrected chi connectivity index (χ0v) is 11.0. The highest BCUT2D eigenvalue weighted by Gasteiger charge is 2.12. The van der Waals surface area contributed by atoms with Crippen molar-refractivity contribution in [1.29, 1.82) is 0 Å². The number of rotatable bonds is 5. The molecule has 0 aliphatic carbocycles. The average molecular weight is 261 g/mol. The van der Waals surface area contributed by atoms with E-state index in [1.54, 1.807) is 36.5 Å². The van der Waals surface area contributed by atoms with Gasteiger partial charge in [-0.05, 0) is 32.0 Å². The third-order valence-corrected chi connectivity index (χ3v) is 2.58. The van der Waals surface area contributed by atoms with Gasteiger partial charge in [0, 0.05) is 17.8 Å². The fraction of sp³-hybridized carbons (Fsp3) is 0.267. The Hall–Kier alpha value is -2.10. The number of ether oxygens (including phenoxy) is 2. The molecule has 0 amide bonds. The SMILES string of the molecule is CCOc1ccnc(-c2cccc(OCC)c2F)c1. The van der Waals surface area contributed by atoms with Crippen LogP contribution in [0.15, 0.2) is 36.5 Å². The summed E-state index contributed by atoms with van der Waals surface area (Å²) in [5.74, 6) is 0.517. The van der Waals surface area contributed by atoms with Crippen LogP contribution in [0.1, 0.15) is 13.8 Å². The van der Waals surface area contributed by atoms with Crippen LogP contribution in [0.5, 0.6) is 11.5 Å². The molecule has 0 N–H and O–H groups in total. The van der Waals surface area contributed by atoms with Crippen molar-refractivity contribution in [2.24, 2.45) is 0 Å². The van der Waals surface area contributed by atoms with E-state index in [4.69, 9.17) is 9.47 Å². The van der Waals surface area contributed by atoms with Crippen LogP contribution < -0.4 is 9.47 Å². The molecule has 0 unspecified atom stereocenters. The second kappa shape index (κ2) is 6.18. The Morgan fingerprint density at radius 2 is 1.89 bits per heavy atom. The number of halogens is 1. The average Bonchev–Trinajstić information content (AvgIpc) is 2.42. The first-order valence-corrected chi connectivity index (χ1v) is 6.26. The van der Waals surface area contributed by atoms with E-state index in [1.807, 2.05) is 13.8 Å². The number of benzene rings is 1. The van der Waals surface area contributed by atoms with Crippen LogP contribution in [0, 0.1) is 5.82 Å². The fourth-order valence-electron chi connectivity index (χ4n) is 1.79. The van der Waals surface area contributed by atoms with Crippen LogP contribution >= 0.6 is 0 Å². The molecule has 1 aromatic carbocycles. The van der Waals surface area contributed by atoms with Gasteiger partial charge in [-0.1, -0.05) is 6.07 Å². The van der Waals surface area contributed by atoms with Gasteiger partial charge >= 0.3 is 0 Å². The number of hydrogen-bond acceptors (Lipinski definition) is 3. The smallest absolute Gasteiger partial charge is 0.174 e. The molecule has 3 nitrogen and oxygen atoms in total. The van der Waals surface area contributed by atoms with Crippen LogP contribution in [-0.2, 0) is 0 Å². The largest absolute Gasteiger partial charge is 0.494 e. The van der Waals surface area contributed by atoms with Crippen molar-refractivity contribution in [2.75, 3.05) is 13.2 Å². The summed E-state index contributed by atoms with van der Waals surface area (Å²) in [7, 11) is 0. The molecule has 0 saturated carbocycles. The van der Waals surface area contributed by atoms with Gasteiger partial charge in [0.1, 0.15) is 5.75 Å². The van der Waals surface area contributed by atoms with Crippen LogP contribution in [-0.4, -0.2) is 18.2 Å². The summed E-state index contributed by atoms with van der Waals surface area (Å²) < 4.78 is 24.9. The van der Waals surface area contributed by atoms with Crippen molar-refractivity contribution in [3.63, 3.8) is 0 Å². The molecule has 19 heavy (non-hydrogen) atoms. The standard InChI is InChI=1S/C15H16FNO2/c1-3-18-11-8-9-17-13(10-11)12-6-5-7-14(15(12)16)19-4-2/h5-10H,3-4H2,1-2H3. The van der Waals surface area contributed by atoms with Gasteiger partial charge in [0.25, 0.3) is 0 Å². The first kappa shape index (κ1) is 13.3. The molecule has 0 saturated heterocycles. The van der Waals surface area contributed by atoms with Crippen molar-refractivity contribution in [2.45, 2.75) is 13.8 Å². The summed E-state index contributed by atoms with van der Waals surface area (Å²) in [6, 6.07) is 8.50. The van der Waals surface area contributed by atoms with E-state index in [0.717, 1.165) is 0 Å². The lowest BCUT2D eigenvalue weighted by atomic mass is 10.1. The van der Waals surface area contributed by atoms with Crippen molar-refractivity contribution < 1.29 is 13.9 Å². The maximum atomic E-state index is 14.3. The minimum atomic E-state index is -0.398. The van der Waals surface area contributed by atoms with Crippen LogP contribution in [0.2, 0.25) is 0 Å². The van der Waals surface area contributed by atoms with Crippen molar-refractivity contribution in [3.05, 3.63) is 42.3 Å². The lowest BCUT2D eigenvalue weighted by Crippen LogP contribution is -1.97. The molecule has 0 spiro atoms. The van der Waals surface area contributed by atoms with Crippen LogP contribution in [0.25, 0.3) is 11.3 Å². The molecular weight excluding hydrogens is 245 g/mol. The molecule has 0 atom stereocenters. The Bertz CT molecular complexity index is 558. The van der Waals surface area contributed by atoms with Crippen molar-refractivity contribution in [1.82, 2.24) is 4.98 Å². The molecule has 0 bridgehead atoms. The summed E-state index contributed by atoms with van der Waals surface area (Å²) in [6.45, 7) is 4.70. The molecule has 1 heterocycles. The lowest BCUT2D eigenvalue weighted by Gasteiger charge is -2.09. The number of aromatic nitrogens is 1. The monoisotopic (exact) mass is 261 g/mol. The Kier molecular flexibility index (Phi) is 4.34. The van der Waals surface area contributed by atoms with Gasteiger partial charge < -0.3 is 9.47 Å². The van der Waals surface area contributed by atoms with E-state index in [2.05, 4.69) is 4.98 Å². The Balaban J connectivity index is 2.41. The molecule has 1 aromatic heterocycles. The van der Waals surface area contributed by atoms with E-state index in [-0.39, 0.29) is 5.75 Å². The number of hydrogen-bond donors (Lipinski definition) is 0. The Morgan fingerprint density at radius 1 is 1.11 bits per heavy atom. The van der Waals surface area contributed by atoms with E-state index in [0.29, 0.717) is 30.2 Å². The highest BCUT2D eigenvalue weighted by Crippen LogP contribution is 2.29. The predicted molar refractivity (Wildman–Crippen MR) is 72.0 cm³/mol.